The van der Waals surface area contributed by atoms with Gasteiger partial charge in [-0.05, 0) is 35.9 Å². The molecule has 1 fully saturated rings. The topological polar surface area (TPSA) is 85.8 Å². The van der Waals surface area contributed by atoms with Crippen molar-refractivity contribution in [3.8, 4) is 0 Å². The fourth-order valence-corrected chi connectivity index (χ4v) is 4.25. The van der Waals surface area contributed by atoms with Crippen LogP contribution in [-0.2, 0) is 30.4 Å². The Bertz CT molecular complexity index is 890. The normalized spacial score (nSPS) is 20.5. The van der Waals surface area contributed by atoms with E-state index >= 15 is 0 Å². The molecular formula is C18H19ClN2O5S. The van der Waals surface area contributed by atoms with Crippen LogP contribution in [0.2, 0.25) is 5.02 Å². The van der Waals surface area contributed by atoms with Gasteiger partial charge in [0.05, 0.1) is 18.1 Å². The van der Waals surface area contributed by atoms with E-state index in [1.807, 2.05) is 11.0 Å². The number of esters is 1. The summed E-state index contributed by atoms with van der Waals surface area (Å²) in [6, 6.07) is 8.85. The molecule has 7 nitrogen and oxygen atoms in total. The standard InChI is InChI=1S/C18H19ClN2O5S/c1-25-18(22)17-9-15(12-21(17)11-13-3-2-8-20-10-13)26-27(23,24)16-6-4-14(19)5-7-16/h2-8,10,15,17H,9,11-12H2,1H3/t15-,17-/m0/s1. The molecular weight excluding hydrogens is 392 g/mol. The smallest absolute Gasteiger partial charge is 0.323 e. The Kier molecular flexibility index (Phi) is 6.11. The van der Waals surface area contributed by atoms with Crippen molar-refractivity contribution in [2.45, 2.75) is 30.0 Å². The molecule has 1 aliphatic rings. The summed E-state index contributed by atoms with van der Waals surface area (Å²) in [4.78, 5) is 18.1. The van der Waals surface area contributed by atoms with E-state index in [4.69, 9.17) is 20.5 Å². The highest BCUT2D eigenvalue weighted by molar-refractivity contribution is 7.86. The minimum absolute atomic E-state index is 0.0206. The Hall–Kier alpha value is -2.00. The van der Waals surface area contributed by atoms with Crippen LogP contribution in [0.1, 0.15) is 12.0 Å². The van der Waals surface area contributed by atoms with Gasteiger partial charge in [-0.1, -0.05) is 17.7 Å². The van der Waals surface area contributed by atoms with Crippen LogP contribution >= 0.6 is 11.6 Å². The third-order valence-corrected chi connectivity index (χ3v) is 5.94. The molecule has 0 amide bonds. The average Bonchev–Trinajstić information content (AvgIpc) is 3.03. The van der Waals surface area contributed by atoms with Crippen LogP contribution in [0.3, 0.4) is 0 Å². The van der Waals surface area contributed by atoms with E-state index in [2.05, 4.69) is 4.98 Å². The SMILES string of the molecule is COC(=O)[C@@H]1C[C@H](OS(=O)(=O)c2ccc(Cl)cc2)CN1Cc1cccnc1. The van der Waals surface area contributed by atoms with E-state index < -0.39 is 28.2 Å². The molecule has 144 valence electrons. The number of pyridine rings is 1. The highest BCUT2D eigenvalue weighted by Gasteiger charge is 2.40. The Morgan fingerprint density at radius 1 is 1.30 bits per heavy atom. The van der Waals surface area contributed by atoms with E-state index in [1.54, 1.807) is 18.5 Å². The van der Waals surface area contributed by atoms with Gasteiger partial charge in [0.25, 0.3) is 10.1 Å². The second kappa shape index (κ2) is 8.35. The minimum atomic E-state index is -3.96. The number of carbonyl (C=O) groups is 1. The van der Waals surface area contributed by atoms with Crippen molar-refractivity contribution >= 4 is 27.7 Å². The van der Waals surface area contributed by atoms with Crippen molar-refractivity contribution in [2.24, 2.45) is 0 Å². The summed E-state index contributed by atoms with van der Waals surface area (Å²) < 4.78 is 35.2. The number of benzene rings is 1. The van der Waals surface area contributed by atoms with Crippen LogP contribution in [0.5, 0.6) is 0 Å². The number of nitrogens with zero attached hydrogens (tertiary/aromatic N) is 2. The Morgan fingerprint density at radius 2 is 2.04 bits per heavy atom. The van der Waals surface area contributed by atoms with Gasteiger partial charge in [-0.15, -0.1) is 0 Å². The lowest BCUT2D eigenvalue weighted by Gasteiger charge is -2.21. The summed E-state index contributed by atoms with van der Waals surface area (Å²) in [5.74, 6) is -0.422. The van der Waals surface area contributed by atoms with Crippen molar-refractivity contribution in [1.29, 1.82) is 0 Å². The van der Waals surface area contributed by atoms with Gasteiger partial charge in [0.2, 0.25) is 0 Å². The first-order valence-electron chi connectivity index (χ1n) is 8.28. The first-order chi connectivity index (χ1) is 12.9. The van der Waals surface area contributed by atoms with E-state index in [0.29, 0.717) is 11.6 Å². The zero-order valence-electron chi connectivity index (χ0n) is 14.6. The molecule has 1 aliphatic heterocycles. The van der Waals surface area contributed by atoms with Crippen LogP contribution < -0.4 is 0 Å². The van der Waals surface area contributed by atoms with Crippen molar-refractivity contribution in [2.75, 3.05) is 13.7 Å². The molecule has 2 aromatic rings. The van der Waals surface area contributed by atoms with Crippen LogP contribution in [0.25, 0.3) is 0 Å². The molecule has 0 bridgehead atoms. The number of aromatic nitrogens is 1. The van der Waals surface area contributed by atoms with Crippen LogP contribution in [-0.4, -0.2) is 50.1 Å². The first kappa shape index (κ1) is 19.8. The number of hydrogen-bond donors (Lipinski definition) is 0. The Labute approximate surface area is 163 Å². The number of rotatable bonds is 6. The fourth-order valence-electron chi connectivity index (χ4n) is 3.05. The van der Waals surface area contributed by atoms with Crippen molar-refractivity contribution in [3.05, 3.63) is 59.4 Å². The van der Waals surface area contributed by atoms with Gasteiger partial charge in [0.1, 0.15) is 6.04 Å². The lowest BCUT2D eigenvalue weighted by molar-refractivity contribution is -0.146. The van der Waals surface area contributed by atoms with Gasteiger partial charge in [0.15, 0.2) is 0 Å². The molecule has 0 N–H and O–H groups in total. The maximum Gasteiger partial charge on any atom is 0.323 e. The molecule has 0 saturated carbocycles. The number of ether oxygens (including phenoxy) is 1. The van der Waals surface area contributed by atoms with Crippen molar-refractivity contribution in [3.63, 3.8) is 0 Å². The van der Waals surface area contributed by atoms with Crippen LogP contribution in [0.15, 0.2) is 53.7 Å². The van der Waals surface area contributed by atoms with Gasteiger partial charge in [-0.2, -0.15) is 8.42 Å². The molecule has 0 radical (unpaired) electrons. The van der Waals surface area contributed by atoms with Gasteiger partial charge in [-0.3, -0.25) is 18.9 Å². The number of hydrogen-bond acceptors (Lipinski definition) is 7. The molecule has 27 heavy (non-hydrogen) atoms. The third kappa shape index (κ3) is 4.84. The zero-order valence-corrected chi connectivity index (χ0v) is 16.2. The predicted octanol–water partition coefficient (Wildman–Crippen LogP) is 2.26. The van der Waals surface area contributed by atoms with E-state index in [-0.39, 0.29) is 17.9 Å². The zero-order chi connectivity index (χ0) is 19.4. The second-order valence-electron chi connectivity index (χ2n) is 6.19. The number of likely N-dealkylation sites (tertiary alicyclic amines) is 1. The van der Waals surface area contributed by atoms with Crippen LogP contribution in [0, 0.1) is 0 Å². The molecule has 3 rings (SSSR count). The lowest BCUT2D eigenvalue weighted by Crippen LogP contribution is -2.36. The third-order valence-electron chi connectivity index (χ3n) is 4.31. The minimum Gasteiger partial charge on any atom is -0.468 e. The summed E-state index contributed by atoms with van der Waals surface area (Å²) >= 11 is 5.80. The molecule has 9 heteroatoms. The van der Waals surface area contributed by atoms with E-state index in [0.717, 1.165) is 5.56 Å². The Morgan fingerprint density at radius 3 is 2.67 bits per heavy atom. The molecule has 2 atom stereocenters. The lowest BCUT2D eigenvalue weighted by atomic mass is 10.2. The highest BCUT2D eigenvalue weighted by Crippen LogP contribution is 2.27. The molecule has 1 aromatic heterocycles. The second-order valence-corrected chi connectivity index (χ2v) is 8.20. The molecule has 0 unspecified atom stereocenters. The molecule has 0 spiro atoms. The summed E-state index contributed by atoms with van der Waals surface area (Å²) in [5.41, 5.74) is 0.910. The number of methoxy groups -OCH3 is 1. The van der Waals surface area contributed by atoms with Crippen molar-refractivity contribution < 1.29 is 22.1 Å². The van der Waals surface area contributed by atoms with Crippen molar-refractivity contribution in [1.82, 2.24) is 9.88 Å². The van der Waals surface area contributed by atoms with E-state index in [9.17, 15) is 13.2 Å². The maximum absolute atomic E-state index is 12.5. The quantitative estimate of drug-likeness (QED) is 0.533. The van der Waals surface area contributed by atoms with Gasteiger partial charge < -0.3 is 4.74 Å². The van der Waals surface area contributed by atoms with Gasteiger partial charge >= 0.3 is 5.97 Å². The summed E-state index contributed by atoms with van der Waals surface area (Å²) in [6.07, 6.45) is 2.93. The summed E-state index contributed by atoms with van der Waals surface area (Å²) in [5, 5.41) is 0.434. The Balaban J connectivity index is 1.75. The van der Waals surface area contributed by atoms with Gasteiger partial charge in [0, 0.05) is 36.9 Å². The number of halogens is 1. The molecule has 1 saturated heterocycles. The largest absolute Gasteiger partial charge is 0.468 e. The first-order valence-corrected chi connectivity index (χ1v) is 10.1. The molecule has 0 aliphatic carbocycles. The molecule has 2 heterocycles. The predicted molar refractivity (Wildman–Crippen MR) is 98.6 cm³/mol. The maximum atomic E-state index is 12.5. The van der Waals surface area contributed by atoms with Gasteiger partial charge in [-0.25, -0.2) is 0 Å². The van der Waals surface area contributed by atoms with E-state index in [1.165, 1.54) is 31.4 Å². The summed E-state index contributed by atoms with van der Waals surface area (Å²) in [7, 11) is -2.65. The average molecular weight is 411 g/mol. The molecule has 1 aromatic carbocycles. The highest BCUT2D eigenvalue weighted by atomic mass is 35.5. The van der Waals surface area contributed by atoms with Crippen LogP contribution in [0.4, 0.5) is 0 Å². The number of carbonyl (C=O) groups excluding carboxylic acids is 1. The summed E-state index contributed by atoms with van der Waals surface area (Å²) in [6.45, 7) is 0.718. The fraction of sp³-hybridized carbons (Fsp3) is 0.333. The monoisotopic (exact) mass is 410 g/mol.